The van der Waals surface area contributed by atoms with Crippen molar-refractivity contribution in [3.63, 3.8) is 0 Å². The Morgan fingerprint density at radius 3 is 2.54 bits per heavy atom. The summed E-state index contributed by atoms with van der Waals surface area (Å²) < 4.78 is 1.59. The van der Waals surface area contributed by atoms with E-state index in [1.54, 1.807) is 35.1 Å². The molecule has 0 atom stereocenters. The Morgan fingerprint density at radius 1 is 1.25 bits per heavy atom. The molecule has 1 heterocycles. The first kappa shape index (κ1) is 16.5. The number of carboxylic acid groups (broad SMARTS) is 1. The van der Waals surface area contributed by atoms with Gasteiger partial charge in [-0.25, -0.2) is 4.68 Å². The van der Waals surface area contributed by atoms with Gasteiger partial charge in [-0.3, -0.25) is 9.59 Å². The van der Waals surface area contributed by atoms with E-state index < -0.39 is 11.5 Å². The van der Waals surface area contributed by atoms with E-state index in [0.717, 1.165) is 18.5 Å². The molecule has 1 aromatic carbocycles. The molecule has 0 saturated heterocycles. The third-order valence-corrected chi connectivity index (χ3v) is 4.62. The van der Waals surface area contributed by atoms with E-state index in [9.17, 15) is 9.59 Å². The van der Waals surface area contributed by atoms with Crippen molar-refractivity contribution in [2.75, 3.05) is 0 Å². The molecule has 1 fully saturated rings. The number of amides is 1. The number of aliphatic carboxylic acids is 1. The Kier molecular flexibility index (Phi) is 4.57. The minimum atomic E-state index is -0.894. The van der Waals surface area contributed by atoms with Gasteiger partial charge in [-0.15, -0.1) is 0 Å². The van der Waals surface area contributed by atoms with Crippen LogP contribution >= 0.6 is 11.6 Å². The molecule has 126 valence electrons. The Hall–Kier alpha value is -2.34. The highest BCUT2D eigenvalue weighted by atomic mass is 35.5. The number of nitrogens with zero attached hydrogens (tertiary/aromatic N) is 2. The Bertz CT molecular complexity index is 749. The number of carbonyl (C=O) groups is 2. The molecule has 24 heavy (non-hydrogen) atoms. The summed E-state index contributed by atoms with van der Waals surface area (Å²) in [6.07, 6.45) is 6.29. The highest BCUT2D eigenvalue weighted by Gasteiger charge is 2.37. The van der Waals surface area contributed by atoms with E-state index in [4.69, 9.17) is 16.7 Å². The van der Waals surface area contributed by atoms with Crippen molar-refractivity contribution >= 4 is 23.5 Å². The molecular formula is C17H18ClN3O3. The van der Waals surface area contributed by atoms with Crippen molar-refractivity contribution in [3.8, 4) is 5.69 Å². The van der Waals surface area contributed by atoms with Crippen LogP contribution in [-0.4, -0.2) is 32.3 Å². The predicted octanol–water partition coefficient (Wildman–Crippen LogP) is 3.04. The second-order valence-corrected chi connectivity index (χ2v) is 6.60. The lowest BCUT2D eigenvalue weighted by Crippen LogP contribution is -2.47. The maximum Gasteiger partial charge on any atom is 0.305 e. The molecule has 7 heteroatoms. The highest BCUT2D eigenvalue weighted by Crippen LogP contribution is 2.33. The van der Waals surface area contributed by atoms with E-state index in [1.165, 1.54) is 6.20 Å². The van der Waals surface area contributed by atoms with Gasteiger partial charge in [0.1, 0.15) is 0 Å². The summed E-state index contributed by atoms with van der Waals surface area (Å²) in [7, 11) is 0. The molecule has 1 aromatic heterocycles. The molecule has 1 aliphatic rings. The summed E-state index contributed by atoms with van der Waals surface area (Å²) in [5.74, 6) is -1.19. The van der Waals surface area contributed by atoms with Gasteiger partial charge >= 0.3 is 5.97 Å². The Morgan fingerprint density at radius 2 is 1.92 bits per heavy atom. The molecule has 0 unspecified atom stereocenters. The van der Waals surface area contributed by atoms with Crippen LogP contribution in [0.5, 0.6) is 0 Å². The van der Waals surface area contributed by atoms with Gasteiger partial charge in [-0.05, 0) is 37.1 Å². The highest BCUT2D eigenvalue weighted by molar-refractivity contribution is 6.30. The number of hydrogen-bond acceptors (Lipinski definition) is 3. The molecule has 3 rings (SSSR count). The Labute approximate surface area is 144 Å². The number of halogens is 1. The van der Waals surface area contributed by atoms with Crippen LogP contribution in [0.25, 0.3) is 5.69 Å². The minimum Gasteiger partial charge on any atom is -0.481 e. The number of rotatable bonds is 5. The van der Waals surface area contributed by atoms with Crippen LogP contribution in [0.15, 0.2) is 36.7 Å². The SMILES string of the molecule is O=C(O)CC1(NC(=O)c2cnn(-c3ccc(Cl)cc3)c2)CCCC1. The summed E-state index contributed by atoms with van der Waals surface area (Å²) in [6, 6.07) is 7.11. The van der Waals surface area contributed by atoms with Crippen molar-refractivity contribution in [1.82, 2.24) is 15.1 Å². The summed E-state index contributed by atoms with van der Waals surface area (Å²) in [4.78, 5) is 23.6. The molecule has 0 bridgehead atoms. The lowest BCUT2D eigenvalue weighted by molar-refractivity contribution is -0.138. The smallest absolute Gasteiger partial charge is 0.305 e. The summed E-state index contributed by atoms with van der Waals surface area (Å²) >= 11 is 5.87. The maximum absolute atomic E-state index is 12.5. The van der Waals surface area contributed by atoms with E-state index in [2.05, 4.69) is 10.4 Å². The normalized spacial score (nSPS) is 16.0. The molecule has 1 amide bonds. The van der Waals surface area contributed by atoms with Crippen LogP contribution in [0.2, 0.25) is 5.02 Å². The lowest BCUT2D eigenvalue weighted by atomic mass is 9.93. The summed E-state index contributed by atoms with van der Waals surface area (Å²) in [5.41, 5.74) is 0.548. The standard InChI is InChI=1S/C17H18ClN3O3/c18-13-3-5-14(6-4-13)21-11-12(10-19-21)16(24)20-17(9-15(22)23)7-1-2-8-17/h3-6,10-11H,1-2,7-9H2,(H,20,24)(H,22,23). The van der Waals surface area contributed by atoms with Gasteiger partial charge in [0.25, 0.3) is 5.91 Å². The van der Waals surface area contributed by atoms with Gasteiger partial charge in [0.05, 0.1) is 29.4 Å². The zero-order valence-electron chi connectivity index (χ0n) is 13.0. The minimum absolute atomic E-state index is 0.0515. The summed E-state index contributed by atoms with van der Waals surface area (Å²) in [5, 5.41) is 16.9. The van der Waals surface area contributed by atoms with E-state index in [1.807, 2.05) is 0 Å². The van der Waals surface area contributed by atoms with Crippen LogP contribution in [-0.2, 0) is 4.79 Å². The number of nitrogens with one attached hydrogen (secondary N) is 1. The maximum atomic E-state index is 12.5. The average Bonchev–Trinajstić information content (AvgIpc) is 3.17. The number of carbonyl (C=O) groups excluding carboxylic acids is 1. The first-order valence-electron chi connectivity index (χ1n) is 7.82. The van der Waals surface area contributed by atoms with Crippen LogP contribution < -0.4 is 5.32 Å². The summed E-state index contributed by atoms with van der Waals surface area (Å²) in [6.45, 7) is 0. The van der Waals surface area contributed by atoms with Gasteiger partial charge in [-0.1, -0.05) is 24.4 Å². The fourth-order valence-electron chi connectivity index (χ4n) is 3.18. The number of carboxylic acids is 1. The second-order valence-electron chi connectivity index (χ2n) is 6.16. The number of hydrogen-bond donors (Lipinski definition) is 2. The van der Waals surface area contributed by atoms with Crippen LogP contribution in [0, 0.1) is 0 Å². The molecule has 2 N–H and O–H groups in total. The molecule has 0 spiro atoms. The van der Waals surface area contributed by atoms with Crippen LogP contribution in [0.3, 0.4) is 0 Å². The van der Waals surface area contributed by atoms with Crippen LogP contribution in [0.1, 0.15) is 42.5 Å². The van der Waals surface area contributed by atoms with Crippen molar-refractivity contribution in [2.45, 2.75) is 37.6 Å². The quantitative estimate of drug-likeness (QED) is 0.870. The predicted molar refractivity (Wildman–Crippen MR) is 89.5 cm³/mol. The van der Waals surface area contributed by atoms with E-state index >= 15 is 0 Å². The number of aromatic nitrogens is 2. The topological polar surface area (TPSA) is 84.2 Å². The van der Waals surface area contributed by atoms with Gasteiger partial charge in [-0.2, -0.15) is 5.10 Å². The molecule has 1 saturated carbocycles. The first-order chi connectivity index (χ1) is 11.5. The lowest BCUT2D eigenvalue weighted by Gasteiger charge is -2.28. The molecule has 2 aromatic rings. The van der Waals surface area contributed by atoms with E-state index in [0.29, 0.717) is 23.4 Å². The van der Waals surface area contributed by atoms with Crippen molar-refractivity contribution in [3.05, 3.63) is 47.2 Å². The largest absolute Gasteiger partial charge is 0.481 e. The van der Waals surface area contributed by atoms with Gasteiger partial charge < -0.3 is 10.4 Å². The fourth-order valence-corrected chi connectivity index (χ4v) is 3.30. The zero-order valence-corrected chi connectivity index (χ0v) is 13.8. The van der Waals surface area contributed by atoms with Gasteiger partial charge in [0, 0.05) is 11.2 Å². The van der Waals surface area contributed by atoms with Crippen molar-refractivity contribution < 1.29 is 14.7 Å². The van der Waals surface area contributed by atoms with Gasteiger partial charge in [0.15, 0.2) is 0 Å². The zero-order chi connectivity index (χ0) is 17.2. The monoisotopic (exact) mass is 347 g/mol. The van der Waals surface area contributed by atoms with Gasteiger partial charge in [0.2, 0.25) is 0 Å². The molecule has 0 radical (unpaired) electrons. The fraction of sp³-hybridized carbons (Fsp3) is 0.353. The average molecular weight is 348 g/mol. The molecule has 1 aliphatic carbocycles. The second kappa shape index (κ2) is 6.65. The first-order valence-corrected chi connectivity index (χ1v) is 8.20. The van der Waals surface area contributed by atoms with E-state index in [-0.39, 0.29) is 12.3 Å². The third kappa shape index (κ3) is 3.59. The van der Waals surface area contributed by atoms with Crippen molar-refractivity contribution in [1.29, 1.82) is 0 Å². The Balaban J connectivity index is 1.75. The molecular weight excluding hydrogens is 330 g/mol. The number of benzene rings is 1. The molecule has 0 aliphatic heterocycles. The van der Waals surface area contributed by atoms with Crippen molar-refractivity contribution in [2.24, 2.45) is 0 Å². The molecule has 6 nitrogen and oxygen atoms in total. The van der Waals surface area contributed by atoms with Crippen LogP contribution in [0.4, 0.5) is 0 Å². The third-order valence-electron chi connectivity index (χ3n) is 4.36.